The van der Waals surface area contributed by atoms with Crippen molar-refractivity contribution in [1.29, 1.82) is 0 Å². The molecule has 0 unspecified atom stereocenters. The normalized spacial score (nSPS) is 13.5. The van der Waals surface area contributed by atoms with Crippen molar-refractivity contribution in [3.63, 3.8) is 0 Å². The van der Waals surface area contributed by atoms with Crippen molar-refractivity contribution >= 4 is 11.6 Å². The van der Waals surface area contributed by atoms with Gasteiger partial charge in [0.1, 0.15) is 19.5 Å². The van der Waals surface area contributed by atoms with E-state index < -0.39 is 0 Å². The molecule has 0 saturated carbocycles. The summed E-state index contributed by atoms with van der Waals surface area (Å²) in [5, 5.41) is 8.05. The quantitative estimate of drug-likeness (QED) is 0.926. The second-order valence-corrected chi connectivity index (χ2v) is 4.95. The summed E-state index contributed by atoms with van der Waals surface area (Å²) in [5.41, 5.74) is 1.04. The maximum absolute atomic E-state index is 6.19. The first kappa shape index (κ1) is 13.2. The average Bonchev–Trinajstić information content (AvgIpc) is 2.85. The highest BCUT2D eigenvalue weighted by Crippen LogP contribution is 2.38. The summed E-state index contributed by atoms with van der Waals surface area (Å²) in [6.07, 6.45) is 1.68. The molecule has 0 spiro atoms. The van der Waals surface area contributed by atoms with E-state index in [0.717, 1.165) is 11.4 Å². The van der Waals surface area contributed by atoms with Crippen LogP contribution in [-0.2, 0) is 20.1 Å². The summed E-state index contributed by atoms with van der Waals surface area (Å²) in [6, 6.07) is 3.83. The van der Waals surface area contributed by atoms with Gasteiger partial charge in [0.05, 0.1) is 11.6 Å². The van der Waals surface area contributed by atoms with Crippen LogP contribution in [0.25, 0.3) is 0 Å². The van der Waals surface area contributed by atoms with E-state index in [0.29, 0.717) is 42.8 Å². The van der Waals surface area contributed by atoms with Crippen LogP contribution in [0.3, 0.4) is 0 Å². The van der Waals surface area contributed by atoms with Crippen LogP contribution in [0.2, 0.25) is 5.02 Å². The average molecular weight is 295 g/mol. The third kappa shape index (κ3) is 2.86. The zero-order valence-electron chi connectivity index (χ0n) is 11.1. The summed E-state index contributed by atoms with van der Waals surface area (Å²) in [6.45, 7) is 2.36. The van der Waals surface area contributed by atoms with Crippen LogP contribution in [0.4, 0.5) is 0 Å². The molecule has 0 fully saturated rings. The molecule has 3 rings (SSSR count). The largest absolute Gasteiger partial charge is 0.486 e. The molecule has 0 amide bonds. The van der Waals surface area contributed by atoms with Gasteiger partial charge in [-0.25, -0.2) is 4.98 Å². The first-order valence-corrected chi connectivity index (χ1v) is 6.73. The Morgan fingerprint density at radius 1 is 1.30 bits per heavy atom. The number of ether oxygens (including phenoxy) is 2. The third-order valence-electron chi connectivity index (χ3n) is 2.92. The number of aromatic nitrogens is 3. The van der Waals surface area contributed by atoms with Crippen LogP contribution < -0.4 is 14.8 Å². The molecule has 1 aromatic carbocycles. The number of nitrogens with zero attached hydrogens (tertiary/aromatic N) is 3. The van der Waals surface area contributed by atoms with Crippen molar-refractivity contribution in [2.45, 2.75) is 13.1 Å². The molecular formula is C13H15ClN4O2. The fourth-order valence-corrected chi connectivity index (χ4v) is 2.34. The second-order valence-electron chi connectivity index (χ2n) is 4.54. The topological polar surface area (TPSA) is 61.2 Å². The molecular weight excluding hydrogens is 280 g/mol. The van der Waals surface area contributed by atoms with Gasteiger partial charge in [-0.05, 0) is 17.7 Å². The molecule has 0 radical (unpaired) electrons. The summed E-state index contributed by atoms with van der Waals surface area (Å²) in [5.74, 6) is 2.10. The standard InChI is InChI=1S/C13H15ClN4O2/c1-18-8-16-12(17-18)7-15-6-9-4-10(14)13-11(5-9)19-2-3-20-13/h4-5,8,15H,2-3,6-7H2,1H3. The van der Waals surface area contributed by atoms with E-state index in [4.69, 9.17) is 21.1 Å². The van der Waals surface area contributed by atoms with Gasteiger partial charge in [-0.1, -0.05) is 11.6 Å². The Bertz CT molecular complexity index is 614. The molecule has 1 aromatic heterocycles. The molecule has 7 heteroatoms. The van der Waals surface area contributed by atoms with E-state index in [1.54, 1.807) is 11.0 Å². The Morgan fingerprint density at radius 3 is 2.95 bits per heavy atom. The molecule has 106 valence electrons. The maximum atomic E-state index is 6.19. The van der Waals surface area contributed by atoms with Crippen molar-refractivity contribution in [2.24, 2.45) is 7.05 Å². The van der Waals surface area contributed by atoms with E-state index >= 15 is 0 Å². The Labute approximate surface area is 121 Å². The van der Waals surface area contributed by atoms with Crippen molar-refractivity contribution in [1.82, 2.24) is 20.1 Å². The number of halogens is 1. The van der Waals surface area contributed by atoms with Gasteiger partial charge >= 0.3 is 0 Å². The molecule has 6 nitrogen and oxygen atoms in total. The number of aryl methyl sites for hydroxylation is 1. The lowest BCUT2D eigenvalue weighted by Crippen LogP contribution is -2.17. The highest BCUT2D eigenvalue weighted by Gasteiger charge is 2.16. The van der Waals surface area contributed by atoms with E-state index in [9.17, 15) is 0 Å². The van der Waals surface area contributed by atoms with Crippen molar-refractivity contribution in [3.05, 3.63) is 34.9 Å². The zero-order chi connectivity index (χ0) is 13.9. The Kier molecular flexibility index (Phi) is 3.75. The molecule has 2 aromatic rings. The molecule has 1 aliphatic heterocycles. The first-order chi connectivity index (χ1) is 9.72. The number of benzene rings is 1. The van der Waals surface area contributed by atoms with Crippen LogP contribution in [0.5, 0.6) is 11.5 Å². The van der Waals surface area contributed by atoms with Crippen LogP contribution >= 0.6 is 11.6 Å². The van der Waals surface area contributed by atoms with Crippen molar-refractivity contribution in [2.75, 3.05) is 13.2 Å². The van der Waals surface area contributed by atoms with E-state index in [1.807, 2.05) is 19.2 Å². The van der Waals surface area contributed by atoms with E-state index in [1.165, 1.54) is 0 Å². The maximum Gasteiger partial charge on any atom is 0.179 e. The van der Waals surface area contributed by atoms with Gasteiger partial charge in [0.15, 0.2) is 17.3 Å². The minimum absolute atomic E-state index is 0.537. The minimum atomic E-state index is 0.537. The van der Waals surface area contributed by atoms with Gasteiger partial charge in [0.2, 0.25) is 0 Å². The first-order valence-electron chi connectivity index (χ1n) is 6.35. The van der Waals surface area contributed by atoms with Crippen molar-refractivity contribution < 1.29 is 9.47 Å². The van der Waals surface area contributed by atoms with Gasteiger partial charge in [0, 0.05) is 13.6 Å². The van der Waals surface area contributed by atoms with Gasteiger partial charge in [-0.15, -0.1) is 0 Å². The minimum Gasteiger partial charge on any atom is -0.486 e. The molecule has 0 atom stereocenters. The number of rotatable bonds is 4. The summed E-state index contributed by atoms with van der Waals surface area (Å²) < 4.78 is 12.7. The van der Waals surface area contributed by atoms with Crippen molar-refractivity contribution in [3.8, 4) is 11.5 Å². The van der Waals surface area contributed by atoms with Gasteiger partial charge in [0.25, 0.3) is 0 Å². The lowest BCUT2D eigenvalue weighted by molar-refractivity contribution is 0.171. The molecule has 1 N–H and O–H groups in total. The van der Waals surface area contributed by atoms with Crippen LogP contribution in [0, 0.1) is 0 Å². The van der Waals surface area contributed by atoms with Crippen LogP contribution in [-0.4, -0.2) is 28.0 Å². The number of hydrogen-bond acceptors (Lipinski definition) is 5. The lowest BCUT2D eigenvalue weighted by Gasteiger charge is -2.20. The SMILES string of the molecule is Cn1cnc(CNCc2cc(Cl)c3c(c2)OCCO3)n1. The van der Waals surface area contributed by atoms with E-state index in [2.05, 4.69) is 15.4 Å². The van der Waals surface area contributed by atoms with Crippen LogP contribution in [0.1, 0.15) is 11.4 Å². The highest BCUT2D eigenvalue weighted by molar-refractivity contribution is 6.32. The van der Waals surface area contributed by atoms with Gasteiger partial charge in [-0.3, -0.25) is 4.68 Å². The fourth-order valence-electron chi connectivity index (χ4n) is 2.05. The summed E-state index contributed by atoms with van der Waals surface area (Å²) in [7, 11) is 1.84. The third-order valence-corrected chi connectivity index (χ3v) is 3.20. The van der Waals surface area contributed by atoms with Crippen LogP contribution in [0.15, 0.2) is 18.5 Å². The molecule has 0 bridgehead atoms. The highest BCUT2D eigenvalue weighted by atomic mass is 35.5. The lowest BCUT2D eigenvalue weighted by atomic mass is 10.2. The molecule has 20 heavy (non-hydrogen) atoms. The zero-order valence-corrected chi connectivity index (χ0v) is 11.9. The monoisotopic (exact) mass is 294 g/mol. The number of fused-ring (bicyclic) bond motifs is 1. The molecule has 0 aliphatic carbocycles. The number of nitrogens with one attached hydrogen (secondary N) is 1. The molecule has 2 heterocycles. The Balaban J connectivity index is 1.64. The van der Waals surface area contributed by atoms with Gasteiger partial charge in [-0.2, -0.15) is 5.10 Å². The second kappa shape index (κ2) is 5.68. The van der Waals surface area contributed by atoms with E-state index in [-0.39, 0.29) is 0 Å². The van der Waals surface area contributed by atoms with Gasteiger partial charge < -0.3 is 14.8 Å². The number of hydrogen-bond donors (Lipinski definition) is 1. The fraction of sp³-hybridized carbons (Fsp3) is 0.385. The summed E-state index contributed by atoms with van der Waals surface area (Å²) in [4.78, 5) is 4.15. The molecule has 1 aliphatic rings. The Hall–Kier alpha value is -1.79. The summed E-state index contributed by atoms with van der Waals surface area (Å²) >= 11 is 6.19. The predicted octanol–water partition coefficient (Wildman–Crippen LogP) is 1.53. The predicted molar refractivity (Wildman–Crippen MR) is 74.0 cm³/mol. The smallest absolute Gasteiger partial charge is 0.179 e. The molecule has 0 saturated heterocycles. The Morgan fingerprint density at radius 2 is 2.15 bits per heavy atom.